The van der Waals surface area contributed by atoms with Gasteiger partial charge in [0.25, 0.3) is 0 Å². The third-order valence-corrected chi connectivity index (χ3v) is 6.93. The highest BCUT2D eigenvalue weighted by Gasteiger charge is 2.43. The average molecular weight is 270 g/mol. The number of ether oxygens (including phenoxy) is 1. The van der Waals surface area contributed by atoms with Crippen LogP contribution in [0.2, 0.25) is 0 Å². The van der Waals surface area contributed by atoms with Gasteiger partial charge in [-0.25, -0.2) is 0 Å². The van der Waals surface area contributed by atoms with Gasteiger partial charge in [-0.2, -0.15) is 0 Å². The van der Waals surface area contributed by atoms with Gasteiger partial charge in [0.2, 0.25) is 0 Å². The topological polar surface area (TPSA) is 43.4 Å². The predicted octanol–water partition coefficient (Wildman–Crippen LogP) is 2.06. The molecule has 3 heterocycles. The predicted molar refractivity (Wildman–Crippen MR) is 70.8 cm³/mol. The summed E-state index contributed by atoms with van der Waals surface area (Å²) >= 11 is 0. The maximum atomic E-state index is 12.4. The molecule has 0 aromatic rings. The highest BCUT2D eigenvalue weighted by molar-refractivity contribution is 7.86. The molecular weight excluding hydrogens is 248 g/mol. The zero-order valence-corrected chi connectivity index (χ0v) is 11.8. The number of hydrogen-bond acceptors (Lipinski definition) is 3. The normalized spacial score (nSPS) is 42.1. The molecule has 3 fully saturated rings. The lowest BCUT2D eigenvalue weighted by atomic mass is 9.77. The van der Waals surface area contributed by atoms with Gasteiger partial charge < -0.3 is 4.74 Å². The molecule has 3 rings (SSSR count). The van der Waals surface area contributed by atoms with E-state index in [1.807, 2.05) is 0 Å². The first-order valence-corrected chi connectivity index (χ1v) is 8.35. The van der Waals surface area contributed by atoms with E-state index in [0.717, 1.165) is 38.9 Å². The molecule has 3 aliphatic rings. The Bertz CT molecular complexity index is 359. The van der Waals surface area contributed by atoms with Crippen molar-refractivity contribution in [3.63, 3.8) is 0 Å². The van der Waals surface area contributed by atoms with Gasteiger partial charge in [-0.1, -0.05) is 13.3 Å². The molecule has 0 spiro atoms. The van der Waals surface area contributed by atoms with Crippen molar-refractivity contribution in [2.75, 3.05) is 13.2 Å². The van der Waals surface area contributed by atoms with E-state index in [4.69, 9.17) is 4.74 Å². The summed E-state index contributed by atoms with van der Waals surface area (Å²) in [6.07, 6.45) is 5.73. The van der Waals surface area contributed by atoms with E-state index < -0.39 is 10.8 Å². The first kappa shape index (κ1) is 12.8. The lowest BCUT2D eigenvalue weighted by Gasteiger charge is -2.41. The zero-order valence-electron chi connectivity index (χ0n) is 11.0. The van der Waals surface area contributed by atoms with Crippen LogP contribution in [0.5, 0.6) is 0 Å². The lowest BCUT2D eigenvalue weighted by molar-refractivity contribution is -0.140. The molecule has 0 aliphatic carbocycles. The van der Waals surface area contributed by atoms with E-state index in [-0.39, 0.29) is 11.3 Å². The van der Waals surface area contributed by atoms with Gasteiger partial charge in [0.05, 0.1) is 13.2 Å². The van der Waals surface area contributed by atoms with Crippen molar-refractivity contribution in [3.8, 4) is 0 Å². The number of Topliss-reactive ketones (excluding diaryl/α,β-unsaturated/α-hetero) is 1. The number of carbonyl (C=O) groups excluding carboxylic acids is 1. The van der Waals surface area contributed by atoms with Gasteiger partial charge in [-0.3, -0.25) is 9.00 Å². The highest BCUT2D eigenvalue weighted by Crippen LogP contribution is 2.40. The van der Waals surface area contributed by atoms with Crippen LogP contribution in [0, 0.1) is 11.3 Å². The van der Waals surface area contributed by atoms with Crippen LogP contribution in [-0.4, -0.2) is 33.7 Å². The zero-order chi connectivity index (χ0) is 12.8. The SMILES string of the molecule is CC1(CC(=O)C2CC3CCCC(C2)S3=O)COC1. The number of hydrogen-bond donors (Lipinski definition) is 0. The van der Waals surface area contributed by atoms with Crippen LogP contribution < -0.4 is 0 Å². The summed E-state index contributed by atoms with van der Waals surface area (Å²) in [5, 5.41) is 0.605. The smallest absolute Gasteiger partial charge is 0.136 e. The molecule has 0 amide bonds. The maximum Gasteiger partial charge on any atom is 0.136 e. The van der Waals surface area contributed by atoms with Crippen molar-refractivity contribution in [3.05, 3.63) is 0 Å². The van der Waals surface area contributed by atoms with Gasteiger partial charge >= 0.3 is 0 Å². The Kier molecular flexibility index (Phi) is 3.35. The molecule has 4 heteroatoms. The highest BCUT2D eigenvalue weighted by atomic mass is 32.2. The molecular formula is C14H22O3S. The fourth-order valence-electron chi connectivity index (χ4n) is 3.61. The first-order valence-electron chi connectivity index (χ1n) is 7.07. The Balaban J connectivity index is 1.63. The second-order valence-corrected chi connectivity index (χ2v) is 8.61. The molecule has 2 unspecified atom stereocenters. The summed E-state index contributed by atoms with van der Waals surface area (Å²) in [5.41, 5.74) is 0.0861. The van der Waals surface area contributed by atoms with Gasteiger partial charge in [-0.15, -0.1) is 0 Å². The fraction of sp³-hybridized carbons (Fsp3) is 0.929. The largest absolute Gasteiger partial charge is 0.380 e. The summed E-state index contributed by atoms with van der Waals surface area (Å²) in [5.74, 6) is 0.574. The number of fused-ring (bicyclic) bond motifs is 2. The summed E-state index contributed by atoms with van der Waals surface area (Å²) in [7, 11) is -0.661. The Morgan fingerprint density at radius 2 is 1.89 bits per heavy atom. The van der Waals surface area contributed by atoms with Crippen molar-refractivity contribution in [2.45, 2.75) is 55.9 Å². The van der Waals surface area contributed by atoms with Crippen LogP contribution in [-0.2, 0) is 20.3 Å². The molecule has 0 radical (unpaired) electrons. The third-order valence-electron chi connectivity index (χ3n) is 4.76. The second kappa shape index (κ2) is 4.71. The monoisotopic (exact) mass is 270 g/mol. The van der Waals surface area contributed by atoms with Gasteiger partial charge in [-0.05, 0) is 25.7 Å². The van der Waals surface area contributed by atoms with Crippen LogP contribution in [0.4, 0.5) is 0 Å². The number of rotatable bonds is 3. The van der Waals surface area contributed by atoms with E-state index in [1.165, 1.54) is 6.42 Å². The lowest BCUT2D eigenvalue weighted by Crippen LogP contribution is -2.45. The van der Waals surface area contributed by atoms with Crippen molar-refractivity contribution in [2.24, 2.45) is 11.3 Å². The quantitative estimate of drug-likeness (QED) is 0.788. The van der Waals surface area contributed by atoms with Crippen LogP contribution in [0.1, 0.15) is 45.4 Å². The van der Waals surface area contributed by atoms with E-state index in [2.05, 4.69) is 6.92 Å². The van der Waals surface area contributed by atoms with E-state index in [1.54, 1.807) is 0 Å². The molecule has 2 atom stereocenters. The summed E-state index contributed by atoms with van der Waals surface area (Å²) in [6, 6.07) is 0. The minimum Gasteiger partial charge on any atom is -0.380 e. The second-order valence-electron chi connectivity index (χ2n) is 6.62. The van der Waals surface area contributed by atoms with Crippen LogP contribution in [0.3, 0.4) is 0 Å². The summed E-state index contributed by atoms with van der Waals surface area (Å²) in [4.78, 5) is 12.4. The summed E-state index contributed by atoms with van der Waals surface area (Å²) in [6.45, 7) is 3.59. The van der Waals surface area contributed by atoms with E-state index in [9.17, 15) is 9.00 Å². The Morgan fingerprint density at radius 3 is 2.39 bits per heavy atom. The van der Waals surface area contributed by atoms with Crippen molar-refractivity contribution >= 4 is 16.6 Å². The molecule has 0 N–H and O–H groups in total. The van der Waals surface area contributed by atoms with Crippen molar-refractivity contribution < 1.29 is 13.7 Å². The van der Waals surface area contributed by atoms with Crippen LogP contribution in [0.25, 0.3) is 0 Å². The molecule has 0 saturated carbocycles. The summed E-state index contributed by atoms with van der Waals surface area (Å²) < 4.78 is 17.3. The van der Waals surface area contributed by atoms with E-state index >= 15 is 0 Å². The Labute approximate surface area is 111 Å². The number of ketones is 1. The van der Waals surface area contributed by atoms with E-state index in [0.29, 0.717) is 22.7 Å². The Hall–Kier alpha value is -0.220. The Morgan fingerprint density at radius 1 is 1.28 bits per heavy atom. The fourth-order valence-corrected chi connectivity index (χ4v) is 5.80. The standard InChI is InChI=1S/C14H22O3S/c1-14(8-17-9-14)7-13(15)10-5-11-3-2-4-12(6-10)18(11)16/h10-12H,2-9H2,1H3. The molecule has 3 nitrogen and oxygen atoms in total. The van der Waals surface area contributed by atoms with Crippen LogP contribution >= 0.6 is 0 Å². The molecule has 0 aromatic carbocycles. The molecule has 3 saturated heterocycles. The minimum atomic E-state index is -0.661. The average Bonchev–Trinajstić information content (AvgIpc) is 2.26. The van der Waals surface area contributed by atoms with Crippen LogP contribution in [0.15, 0.2) is 0 Å². The molecule has 3 aliphatic heterocycles. The molecule has 102 valence electrons. The minimum absolute atomic E-state index is 0.0861. The van der Waals surface area contributed by atoms with Crippen molar-refractivity contribution in [1.82, 2.24) is 0 Å². The molecule has 18 heavy (non-hydrogen) atoms. The van der Waals surface area contributed by atoms with Gasteiger partial charge in [0.15, 0.2) is 0 Å². The molecule has 0 aromatic heterocycles. The molecule has 2 bridgehead atoms. The van der Waals surface area contributed by atoms with Gasteiger partial charge in [0.1, 0.15) is 5.78 Å². The van der Waals surface area contributed by atoms with Crippen molar-refractivity contribution in [1.29, 1.82) is 0 Å². The maximum absolute atomic E-state index is 12.4. The number of carbonyl (C=O) groups is 1. The van der Waals surface area contributed by atoms with Gasteiger partial charge in [0, 0.05) is 39.1 Å². The third kappa shape index (κ3) is 2.29. The first-order chi connectivity index (χ1) is 8.57.